The molecule has 2 nitrogen and oxygen atoms in total. The number of para-hydroxylation sites is 3. The molecule has 0 N–H and O–H groups in total. The summed E-state index contributed by atoms with van der Waals surface area (Å²) in [5.74, 6) is 0. The minimum absolute atomic E-state index is 1.17. The van der Waals surface area contributed by atoms with Crippen molar-refractivity contribution in [3.05, 3.63) is 182 Å². The Morgan fingerprint density at radius 1 is 0.353 bits per heavy atom. The SMILES string of the molecule is c1ccc(-c2cccc(-c3cccc4c3sc3cccc(-n5c6ccccc6c6cc(-n7c8ccccc8c8ccccc87)ccc65)c34)c2)cc1. The summed E-state index contributed by atoms with van der Waals surface area (Å²) >= 11 is 1.89. The van der Waals surface area contributed by atoms with Gasteiger partial charge in [-0.1, -0.05) is 127 Å². The van der Waals surface area contributed by atoms with E-state index in [0.29, 0.717) is 0 Å². The molecule has 3 aromatic heterocycles. The number of thiophene rings is 1. The van der Waals surface area contributed by atoms with Crippen molar-refractivity contribution in [1.29, 1.82) is 0 Å². The summed E-state index contributed by atoms with van der Waals surface area (Å²) in [7, 11) is 0. The summed E-state index contributed by atoms with van der Waals surface area (Å²) in [6.07, 6.45) is 0. The van der Waals surface area contributed by atoms with Gasteiger partial charge < -0.3 is 9.13 Å². The first-order valence-corrected chi connectivity index (χ1v) is 18.3. The second-order valence-electron chi connectivity index (χ2n) is 13.3. The van der Waals surface area contributed by atoms with E-state index < -0.39 is 0 Å². The molecule has 238 valence electrons. The first-order valence-electron chi connectivity index (χ1n) is 17.4. The van der Waals surface area contributed by atoms with E-state index in [-0.39, 0.29) is 0 Å². The van der Waals surface area contributed by atoms with Crippen molar-refractivity contribution >= 4 is 75.1 Å². The molecular weight excluding hydrogens is 637 g/mol. The second kappa shape index (κ2) is 11.0. The number of aromatic nitrogens is 2. The van der Waals surface area contributed by atoms with E-state index in [2.05, 4.69) is 191 Å². The number of rotatable bonds is 4. The number of benzene rings is 8. The standard InChI is InChI=1S/C48H30N2S/c1-2-13-31(14-3-1)32-15-10-16-33(29-32)35-20-11-21-39-47-45(25-12-26-46(47)51-48(35)39)50-43-24-9-6-19-38(43)40-30-34(27-28-44(40)50)49-41-22-7-4-17-36(41)37-18-5-8-23-42(37)49/h1-30H. The predicted octanol–water partition coefficient (Wildman–Crippen LogP) is 13.6. The van der Waals surface area contributed by atoms with Gasteiger partial charge in [0.15, 0.2) is 0 Å². The van der Waals surface area contributed by atoms with Gasteiger partial charge in [0, 0.05) is 47.4 Å². The molecule has 11 aromatic rings. The summed E-state index contributed by atoms with van der Waals surface area (Å²) in [5, 5.41) is 7.65. The van der Waals surface area contributed by atoms with Crippen molar-refractivity contribution in [2.24, 2.45) is 0 Å². The van der Waals surface area contributed by atoms with E-state index in [9.17, 15) is 0 Å². The molecule has 8 aromatic carbocycles. The normalized spacial score (nSPS) is 11.9. The van der Waals surface area contributed by atoms with Crippen LogP contribution in [0.4, 0.5) is 0 Å². The maximum absolute atomic E-state index is 2.48. The fourth-order valence-corrected chi connectivity index (χ4v) is 9.56. The first-order chi connectivity index (χ1) is 25.3. The molecular formula is C48H30N2S. The monoisotopic (exact) mass is 666 g/mol. The molecule has 3 heterocycles. The van der Waals surface area contributed by atoms with Gasteiger partial charge in [0.25, 0.3) is 0 Å². The average Bonchev–Trinajstić information content (AvgIpc) is 3.86. The lowest BCUT2D eigenvalue weighted by atomic mass is 9.98. The van der Waals surface area contributed by atoms with Gasteiger partial charge >= 0.3 is 0 Å². The van der Waals surface area contributed by atoms with E-state index in [1.54, 1.807) is 0 Å². The van der Waals surface area contributed by atoms with Gasteiger partial charge in [-0.25, -0.2) is 0 Å². The molecule has 51 heavy (non-hydrogen) atoms. The highest BCUT2D eigenvalue weighted by molar-refractivity contribution is 7.26. The van der Waals surface area contributed by atoms with Crippen molar-refractivity contribution in [1.82, 2.24) is 9.13 Å². The van der Waals surface area contributed by atoms with Crippen LogP contribution in [0.25, 0.3) is 97.4 Å². The van der Waals surface area contributed by atoms with Crippen LogP contribution in [-0.2, 0) is 0 Å². The van der Waals surface area contributed by atoms with E-state index in [4.69, 9.17) is 0 Å². The van der Waals surface area contributed by atoms with Crippen LogP contribution in [0.3, 0.4) is 0 Å². The van der Waals surface area contributed by atoms with Crippen molar-refractivity contribution in [2.45, 2.75) is 0 Å². The van der Waals surface area contributed by atoms with Gasteiger partial charge in [-0.05, 0) is 76.9 Å². The van der Waals surface area contributed by atoms with E-state index in [0.717, 1.165) is 0 Å². The van der Waals surface area contributed by atoms with E-state index in [1.807, 2.05) is 11.3 Å². The zero-order valence-electron chi connectivity index (χ0n) is 27.6. The molecule has 0 aliphatic heterocycles. The molecule has 0 atom stereocenters. The molecule has 0 spiro atoms. The molecule has 0 amide bonds. The molecule has 0 radical (unpaired) electrons. The average molecular weight is 667 g/mol. The summed E-state index contributed by atoms with van der Waals surface area (Å²) in [4.78, 5) is 0. The van der Waals surface area contributed by atoms with Gasteiger partial charge in [0.05, 0.1) is 27.8 Å². The topological polar surface area (TPSA) is 9.86 Å². The first kappa shape index (κ1) is 28.4. The molecule has 0 saturated carbocycles. The molecule has 0 fully saturated rings. The van der Waals surface area contributed by atoms with Crippen LogP contribution in [0.15, 0.2) is 182 Å². The Morgan fingerprint density at radius 2 is 0.922 bits per heavy atom. The number of hydrogen-bond acceptors (Lipinski definition) is 1. The highest BCUT2D eigenvalue weighted by Crippen LogP contribution is 2.45. The Balaban J connectivity index is 1.14. The predicted molar refractivity (Wildman–Crippen MR) is 219 cm³/mol. The summed E-state index contributed by atoms with van der Waals surface area (Å²) in [6, 6.07) is 66.5. The van der Waals surface area contributed by atoms with Crippen LogP contribution in [-0.4, -0.2) is 9.13 Å². The van der Waals surface area contributed by atoms with Crippen LogP contribution in [0.2, 0.25) is 0 Å². The lowest BCUT2D eigenvalue weighted by molar-refractivity contribution is 1.17. The molecule has 0 aliphatic carbocycles. The lowest BCUT2D eigenvalue weighted by Crippen LogP contribution is -1.96. The molecule has 0 aliphatic rings. The van der Waals surface area contributed by atoms with Crippen LogP contribution >= 0.6 is 11.3 Å². The Morgan fingerprint density at radius 3 is 1.69 bits per heavy atom. The number of nitrogens with zero attached hydrogens (tertiary/aromatic N) is 2. The van der Waals surface area contributed by atoms with Gasteiger partial charge in [-0.3, -0.25) is 0 Å². The third kappa shape index (κ3) is 4.22. The zero-order chi connectivity index (χ0) is 33.5. The van der Waals surface area contributed by atoms with Crippen LogP contribution in [0.1, 0.15) is 0 Å². The Hall–Kier alpha value is -6.42. The Kier molecular flexibility index (Phi) is 6.16. The van der Waals surface area contributed by atoms with Crippen LogP contribution in [0, 0.1) is 0 Å². The molecule has 11 rings (SSSR count). The maximum atomic E-state index is 2.48. The fraction of sp³-hybridized carbons (Fsp3) is 0. The largest absolute Gasteiger partial charge is 0.309 e. The minimum atomic E-state index is 1.17. The molecule has 3 heteroatoms. The Bertz CT molecular complexity index is 3090. The number of fused-ring (bicyclic) bond motifs is 9. The lowest BCUT2D eigenvalue weighted by Gasteiger charge is -2.12. The number of hydrogen-bond donors (Lipinski definition) is 0. The quantitative estimate of drug-likeness (QED) is 0.177. The van der Waals surface area contributed by atoms with Gasteiger partial charge in [-0.2, -0.15) is 0 Å². The summed E-state index contributed by atoms with van der Waals surface area (Å²) in [5.41, 5.74) is 12.2. The van der Waals surface area contributed by atoms with Gasteiger partial charge in [0.2, 0.25) is 0 Å². The van der Waals surface area contributed by atoms with Gasteiger partial charge in [-0.15, -0.1) is 11.3 Å². The van der Waals surface area contributed by atoms with Crippen LogP contribution < -0.4 is 0 Å². The van der Waals surface area contributed by atoms with Crippen LogP contribution in [0.5, 0.6) is 0 Å². The molecule has 0 saturated heterocycles. The summed E-state index contributed by atoms with van der Waals surface area (Å²) in [6.45, 7) is 0. The van der Waals surface area contributed by atoms with Crippen molar-refractivity contribution < 1.29 is 0 Å². The highest BCUT2D eigenvalue weighted by Gasteiger charge is 2.20. The minimum Gasteiger partial charge on any atom is -0.309 e. The molecule has 0 bridgehead atoms. The highest BCUT2D eigenvalue weighted by atomic mass is 32.1. The van der Waals surface area contributed by atoms with E-state index in [1.165, 1.54) is 97.4 Å². The third-order valence-corrected chi connectivity index (χ3v) is 11.7. The smallest absolute Gasteiger partial charge is 0.0555 e. The second-order valence-corrected chi connectivity index (χ2v) is 14.4. The fourth-order valence-electron chi connectivity index (χ4n) is 8.30. The summed E-state index contributed by atoms with van der Waals surface area (Å²) < 4.78 is 7.51. The van der Waals surface area contributed by atoms with Crippen molar-refractivity contribution in [3.63, 3.8) is 0 Å². The molecule has 0 unspecified atom stereocenters. The zero-order valence-corrected chi connectivity index (χ0v) is 28.4. The van der Waals surface area contributed by atoms with Crippen molar-refractivity contribution in [2.75, 3.05) is 0 Å². The third-order valence-electron chi connectivity index (χ3n) is 10.5. The maximum Gasteiger partial charge on any atom is 0.0555 e. The van der Waals surface area contributed by atoms with Gasteiger partial charge in [0.1, 0.15) is 0 Å². The van der Waals surface area contributed by atoms with Crippen molar-refractivity contribution in [3.8, 4) is 33.6 Å². The van der Waals surface area contributed by atoms with E-state index >= 15 is 0 Å². The Labute approximate surface area is 298 Å².